The molecular formula is C20H29NO6. The minimum Gasteiger partial charge on any atom is -0.353 e. The molecule has 0 aromatic heterocycles. The number of benzene rings is 1. The fourth-order valence-corrected chi connectivity index (χ4v) is 3.27. The normalized spacial score (nSPS) is 14.8. The van der Waals surface area contributed by atoms with Gasteiger partial charge in [-0.2, -0.15) is 0 Å². The third-order valence-electron chi connectivity index (χ3n) is 5.39. The van der Waals surface area contributed by atoms with Gasteiger partial charge in [-0.25, -0.2) is 0 Å². The molecule has 0 spiro atoms. The summed E-state index contributed by atoms with van der Waals surface area (Å²) in [5.41, 5.74) is 0.923. The molecule has 7 nitrogen and oxygen atoms in total. The molecule has 0 N–H and O–H groups in total. The van der Waals surface area contributed by atoms with Gasteiger partial charge in [0.05, 0.1) is 11.1 Å². The minimum atomic E-state index is -0.836. The van der Waals surface area contributed by atoms with Crippen LogP contribution in [-0.2, 0) is 18.9 Å². The van der Waals surface area contributed by atoms with E-state index >= 15 is 0 Å². The van der Waals surface area contributed by atoms with Crippen molar-refractivity contribution in [1.29, 1.82) is 0 Å². The second kappa shape index (κ2) is 8.93. The summed E-state index contributed by atoms with van der Waals surface area (Å²) in [5, 5.41) is 0. The summed E-state index contributed by atoms with van der Waals surface area (Å²) in [6.45, 7) is 2.16. The number of amides is 2. The van der Waals surface area contributed by atoms with Crippen LogP contribution in [0.1, 0.15) is 53.3 Å². The molecule has 1 aromatic rings. The maximum absolute atomic E-state index is 12.4. The van der Waals surface area contributed by atoms with Gasteiger partial charge in [-0.1, -0.05) is 12.1 Å². The van der Waals surface area contributed by atoms with Crippen molar-refractivity contribution in [2.24, 2.45) is 0 Å². The van der Waals surface area contributed by atoms with Gasteiger partial charge in [-0.05, 0) is 25.5 Å². The lowest BCUT2D eigenvalue weighted by Gasteiger charge is -2.35. The lowest BCUT2D eigenvalue weighted by Crippen LogP contribution is -2.40. The molecular weight excluding hydrogens is 350 g/mol. The van der Waals surface area contributed by atoms with Crippen LogP contribution in [0, 0.1) is 0 Å². The molecule has 1 aliphatic heterocycles. The Bertz CT molecular complexity index is 631. The first-order valence-electron chi connectivity index (χ1n) is 9.01. The highest BCUT2D eigenvalue weighted by Crippen LogP contribution is 2.30. The van der Waals surface area contributed by atoms with Gasteiger partial charge in [-0.3, -0.25) is 14.5 Å². The highest BCUT2D eigenvalue weighted by Gasteiger charge is 2.37. The molecule has 0 aliphatic carbocycles. The first-order valence-corrected chi connectivity index (χ1v) is 9.01. The van der Waals surface area contributed by atoms with Crippen molar-refractivity contribution in [1.82, 2.24) is 4.90 Å². The Hall–Kier alpha value is -1.80. The molecule has 0 saturated carbocycles. The Kier molecular flexibility index (Phi) is 7.11. The van der Waals surface area contributed by atoms with Crippen LogP contribution in [-0.4, -0.2) is 63.3 Å². The van der Waals surface area contributed by atoms with E-state index in [1.807, 2.05) is 6.92 Å². The molecule has 0 atom stereocenters. The number of ether oxygens (including phenoxy) is 4. The van der Waals surface area contributed by atoms with E-state index in [-0.39, 0.29) is 11.8 Å². The number of rotatable bonds is 11. The number of carbonyl (C=O) groups is 2. The summed E-state index contributed by atoms with van der Waals surface area (Å²) in [5.74, 6) is -2.06. The highest BCUT2D eigenvalue weighted by molar-refractivity contribution is 6.21. The molecule has 1 aliphatic rings. The van der Waals surface area contributed by atoms with Crippen LogP contribution in [0.15, 0.2) is 24.3 Å². The zero-order chi connectivity index (χ0) is 20.1. The molecule has 1 aromatic carbocycles. The van der Waals surface area contributed by atoms with Crippen LogP contribution in [0.5, 0.6) is 0 Å². The average Bonchev–Trinajstić information content (AvgIpc) is 2.95. The Labute approximate surface area is 160 Å². The predicted octanol–water partition coefficient (Wildman–Crippen LogP) is 2.84. The number of nitrogens with zero attached hydrogens (tertiary/aromatic N) is 1. The molecule has 2 amide bonds. The van der Waals surface area contributed by atoms with E-state index in [0.717, 1.165) is 0 Å². The number of fused-ring (bicyclic) bond motifs is 1. The fourth-order valence-electron chi connectivity index (χ4n) is 3.27. The largest absolute Gasteiger partial charge is 0.353 e. The monoisotopic (exact) mass is 379 g/mol. The standard InChI is InChI=1S/C20H29NO6/c1-19(24-2,25-3)12-13-20(26-4,27-5)11-8-14-21-17(22)15-9-6-7-10-16(15)18(21)23/h6-7,9-10H,8,11-14H2,1-5H3. The third-order valence-corrected chi connectivity index (χ3v) is 5.39. The first-order chi connectivity index (χ1) is 12.8. The summed E-state index contributed by atoms with van der Waals surface area (Å²) < 4.78 is 22.0. The van der Waals surface area contributed by atoms with E-state index in [1.54, 1.807) is 52.7 Å². The van der Waals surface area contributed by atoms with E-state index in [1.165, 1.54) is 4.90 Å². The van der Waals surface area contributed by atoms with E-state index in [0.29, 0.717) is 43.4 Å². The van der Waals surface area contributed by atoms with Crippen molar-refractivity contribution < 1.29 is 28.5 Å². The summed E-state index contributed by atoms with van der Waals surface area (Å²) >= 11 is 0. The first kappa shape index (κ1) is 21.5. The Morgan fingerprint density at radius 1 is 0.815 bits per heavy atom. The summed E-state index contributed by atoms with van der Waals surface area (Å²) in [7, 11) is 6.35. The zero-order valence-electron chi connectivity index (χ0n) is 16.7. The Balaban J connectivity index is 1.97. The van der Waals surface area contributed by atoms with Crippen molar-refractivity contribution in [3.05, 3.63) is 35.4 Å². The average molecular weight is 379 g/mol. The summed E-state index contributed by atoms with van der Waals surface area (Å²) in [6.07, 6.45) is 2.19. The molecule has 150 valence electrons. The summed E-state index contributed by atoms with van der Waals surface area (Å²) in [4.78, 5) is 26.2. The number of imide groups is 1. The van der Waals surface area contributed by atoms with Crippen molar-refractivity contribution in [2.45, 2.75) is 44.2 Å². The van der Waals surface area contributed by atoms with E-state index < -0.39 is 11.6 Å². The van der Waals surface area contributed by atoms with Gasteiger partial charge in [0.1, 0.15) is 0 Å². The smallest absolute Gasteiger partial charge is 0.261 e. The van der Waals surface area contributed by atoms with Gasteiger partial charge < -0.3 is 18.9 Å². The molecule has 0 unspecified atom stereocenters. The number of methoxy groups -OCH3 is 4. The molecule has 0 radical (unpaired) electrons. The fraction of sp³-hybridized carbons (Fsp3) is 0.600. The van der Waals surface area contributed by atoms with Gasteiger partial charge in [0.25, 0.3) is 11.8 Å². The molecule has 7 heteroatoms. The van der Waals surface area contributed by atoms with Crippen LogP contribution in [0.2, 0.25) is 0 Å². The maximum atomic E-state index is 12.4. The van der Waals surface area contributed by atoms with Gasteiger partial charge in [0, 0.05) is 54.2 Å². The number of hydrogen-bond donors (Lipinski definition) is 0. The predicted molar refractivity (Wildman–Crippen MR) is 99.4 cm³/mol. The SMILES string of the molecule is COC(C)(CCC(CCCN1C(=O)c2ccccc2C1=O)(OC)OC)OC. The highest BCUT2D eigenvalue weighted by atomic mass is 16.7. The minimum absolute atomic E-state index is 0.248. The third kappa shape index (κ3) is 4.55. The maximum Gasteiger partial charge on any atom is 0.261 e. The molecule has 27 heavy (non-hydrogen) atoms. The Morgan fingerprint density at radius 2 is 1.33 bits per heavy atom. The van der Waals surface area contributed by atoms with Crippen molar-refractivity contribution in [3.8, 4) is 0 Å². The Morgan fingerprint density at radius 3 is 1.78 bits per heavy atom. The number of carbonyl (C=O) groups excluding carboxylic acids is 2. The van der Waals surface area contributed by atoms with Crippen LogP contribution in [0.3, 0.4) is 0 Å². The van der Waals surface area contributed by atoms with E-state index in [2.05, 4.69) is 0 Å². The van der Waals surface area contributed by atoms with Crippen LogP contribution in [0.25, 0.3) is 0 Å². The van der Waals surface area contributed by atoms with Crippen LogP contribution in [0.4, 0.5) is 0 Å². The van der Waals surface area contributed by atoms with E-state index in [9.17, 15) is 9.59 Å². The van der Waals surface area contributed by atoms with Crippen molar-refractivity contribution in [3.63, 3.8) is 0 Å². The van der Waals surface area contributed by atoms with Gasteiger partial charge >= 0.3 is 0 Å². The molecule has 1 heterocycles. The molecule has 0 fully saturated rings. The van der Waals surface area contributed by atoms with Gasteiger partial charge in [0.15, 0.2) is 11.6 Å². The molecule has 0 saturated heterocycles. The molecule has 2 rings (SSSR count). The topological polar surface area (TPSA) is 74.3 Å². The second-order valence-electron chi connectivity index (χ2n) is 6.77. The summed E-state index contributed by atoms with van der Waals surface area (Å²) in [6, 6.07) is 6.88. The van der Waals surface area contributed by atoms with Crippen molar-refractivity contribution >= 4 is 11.8 Å². The van der Waals surface area contributed by atoms with Crippen LogP contribution >= 0.6 is 0 Å². The second-order valence-corrected chi connectivity index (χ2v) is 6.77. The lowest BCUT2D eigenvalue weighted by atomic mass is 10.0. The lowest BCUT2D eigenvalue weighted by molar-refractivity contribution is -0.245. The van der Waals surface area contributed by atoms with Gasteiger partial charge in [0.2, 0.25) is 0 Å². The quantitative estimate of drug-likeness (QED) is 0.435. The molecule has 0 bridgehead atoms. The van der Waals surface area contributed by atoms with Crippen LogP contribution < -0.4 is 0 Å². The zero-order valence-corrected chi connectivity index (χ0v) is 16.7. The van der Waals surface area contributed by atoms with Gasteiger partial charge in [-0.15, -0.1) is 0 Å². The van der Waals surface area contributed by atoms with Crippen molar-refractivity contribution in [2.75, 3.05) is 35.0 Å². The number of hydrogen-bond acceptors (Lipinski definition) is 6. The van der Waals surface area contributed by atoms with E-state index in [4.69, 9.17) is 18.9 Å².